The number of benzene rings is 1. The van der Waals surface area contributed by atoms with Crippen LogP contribution in [0.25, 0.3) is 0 Å². The number of hydrogen-bond donors (Lipinski definition) is 0. The summed E-state index contributed by atoms with van der Waals surface area (Å²) in [6, 6.07) is 11.4. The van der Waals surface area contributed by atoms with Gasteiger partial charge in [0.15, 0.2) is 0 Å². The number of unbranched alkanes of at least 4 members (excludes halogenated alkanes) is 21. The molecule has 0 aliphatic carbocycles. The van der Waals surface area contributed by atoms with Crippen LogP contribution in [0.1, 0.15) is 200 Å². The molecule has 47 heavy (non-hydrogen) atoms. The highest BCUT2D eigenvalue weighted by molar-refractivity contribution is 5.13. The summed E-state index contributed by atoms with van der Waals surface area (Å²) < 4.78 is 1.29. The van der Waals surface area contributed by atoms with E-state index in [0.29, 0.717) is 0 Å². The molecule has 0 fully saturated rings. The lowest BCUT2D eigenvalue weighted by Gasteiger charge is -2.39. The first-order valence-corrected chi connectivity index (χ1v) is 21.1. The molecule has 0 spiro atoms. The second-order valence-electron chi connectivity index (χ2n) is 14.7. The zero-order valence-corrected chi connectivity index (χ0v) is 32.2. The molecule has 1 aromatic rings. The monoisotopic (exact) mass is 649 g/mol. The van der Waals surface area contributed by atoms with Crippen molar-refractivity contribution in [3.05, 3.63) is 72.4 Å². The fourth-order valence-electron chi connectivity index (χ4n) is 6.98. The fourth-order valence-corrected chi connectivity index (χ4v) is 6.98. The quantitative estimate of drug-likeness (QED) is 0.0390. The van der Waals surface area contributed by atoms with Crippen molar-refractivity contribution in [3.8, 4) is 0 Å². The predicted octanol–water partition coefficient (Wildman–Crippen LogP) is 15.3. The van der Waals surface area contributed by atoms with Crippen LogP contribution in [-0.2, 0) is 6.54 Å². The molecule has 1 heteroatoms. The fraction of sp³-hybridized carbons (Fsp3) is 0.739. The van der Waals surface area contributed by atoms with Crippen molar-refractivity contribution in [1.82, 2.24) is 0 Å². The van der Waals surface area contributed by atoms with Crippen LogP contribution in [0, 0.1) is 0 Å². The second-order valence-corrected chi connectivity index (χ2v) is 14.7. The lowest BCUT2D eigenvalue weighted by molar-refractivity contribution is -0.941. The average molecular weight is 649 g/mol. The van der Waals surface area contributed by atoms with Crippen molar-refractivity contribution in [3.63, 3.8) is 0 Å². The highest BCUT2D eigenvalue weighted by Gasteiger charge is 2.26. The van der Waals surface area contributed by atoms with E-state index >= 15 is 0 Å². The lowest BCUT2D eigenvalue weighted by Crippen LogP contribution is -2.49. The minimum Gasteiger partial charge on any atom is -0.320 e. The molecular formula is C46H82N+. The maximum absolute atomic E-state index is 2.48. The Kier molecular flexibility index (Phi) is 31.7. The third-order valence-electron chi connectivity index (χ3n) is 10.0. The van der Waals surface area contributed by atoms with E-state index in [-0.39, 0.29) is 0 Å². The van der Waals surface area contributed by atoms with E-state index in [1.807, 2.05) is 0 Å². The van der Waals surface area contributed by atoms with Gasteiger partial charge < -0.3 is 4.48 Å². The molecule has 1 nitrogen and oxygen atoms in total. The van der Waals surface area contributed by atoms with Gasteiger partial charge in [-0.2, -0.15) is 0 Å². The number of rotatable bonds is 35. The zero-order valence-electron chi connectivity index (χ0n) is 32.2. The van der Waals surface area contributed by atoms with E-state index in [4.69, 9.17) is 0 Å². The van der Waals surface area contributed by atoms with Gasteiger partial charge in [0, 0.05) is 5.56 Å². The Labute approximate surface area is 296 Å². The normalized spacial score (nSPS) is 12.4. The Morgan fingerprint density at radius 2 is 0.660 bits per heavy atom. The Morgan fingerprint density at radius 3 is 0.979 bits per heavy atom. The lowest BCUT2D eigenvalue weighted by atomic mass is 10.1. The highest BCUT2D eigenvalue weighted by atomic mass is 15.3. The maximum atomic E-state index is 2.48. The van der Waals surface area contributed by atoms with Crippen molar-refractivity contribution >= 4 is 0 Å². The number of quaternary nitrogens is 1. The maximum Gasteiger partial charge on any atom is 0.104 e. The van der Waals surface area contributed by atoms with Crippen LogP contribution >= 0.6 is 0 Å². The van der Waals surface area contributed by atoms with E-state index < -0.39 is 0 Å². The molecule has 0 saturated heterocycles. The Bertz CT molecular complexity index is 755. The number of allylic oxidation sites excluding steroid dienone is 6. The van der Waals surface area contributed by atoms with Crippen LogP contribution in [0.5, 0.6) is 0 Å². The molecule has 0 saturated carbocycles. The van der Waals surface area contributed by atoms with Crippen molar-refractivity contribution in [2.75, 3.05) is 19.6 Å². The molecule has 0 N–H and O–H groups in total. The summed E-state index contributed by atoms with van der Waals surface area (Å²) in [5, 5.41) is 0. The van der Waals surface area contributed by atoms with Gasteiger partial charge in [-0.3, -0.25) is 0 Å². The van der Waals surface area contributed by atoms with E-state index in [0.717, 1.165) is 0 Å². The molecule has 0 bridgehead atoms. The van der Waals surface area contributed by atoms with E-state index in [9.17, 15) is 0 Å². The predicted molar refractivity (Wildman–Crippen MR) is 214 cm³/mol. The van der Waals surface area contributed by atoms with Gasteiger partial charge in [0.25, 0.3) is 0 Å². The highest BCUT2D eigenvalue weighted by Crippen LogP contribution is 2.22. The molecule has 270 valence electrons. The zero-order chi connectivity index (χ0) is 33.8. The third kappa shape index (κ3) is 28.0. The van der Waals surface area contributed by atoms with Gasteiger partial charge in [-0.15, -0.1) is 0 Å². The SMILES string of the molecule is CCCCCCC/C=C/CCCC[N+](CCCC/C=C/CCCCCCC)(CCCC/C=C/CCCCCCC)Cc1ccccc1. The molecule has 0 heterocycles. The summed E-state index contributed by atoms with van der Waals surface area (Å²) in [6.07, 6.45) is 51.3. The molecule has 1 rings (SSSR count). The molecule has 0 aromatic heterocycles. The van der Waals surface area contributed by atoms with Gasteiger partial charge >= 0.3 is 0 Å². The van der Waals surface area contributed by atoms with E-state index in [1.165, 1.54) is 210 Å². The van der Waals surface area contributed by atoms with E-state index in [2.05, 4.69) is 87.6 Å². The second kappa shape index (κ2) is 34.3. The van der Waals surface area contributed by atoms with Crippen molar-refractivity contribution in [1.29, 1.82) is 0 Å². The minimum atomic E-state index is 1.20. The van der Waals surface area contributed by atoms with Crippen LogP contribution in [-0.4, -0.2) is 24.1 Å². The molecule has 1 aromatic carbocycles. The average Bonchev–Trinajstić information content (AvgIpc) is 3.09. The number of nitrogens with zero attached hydrogens (tertiary/aromatic N) is 1. The van der Waals surface area contributed by atoms with Crippen molar-refractivity contribution < 1.29 is 4.48 Å². The standard InChI is InChI=1S/C46H82N/c1-4-7-10-13-16-19-22-25-28-31-37-42-47(45-46-40-35-34-36-41-46,43-38-32-29-26-23-20-17-14-11-8-5-2)44-39-33-30-27-24-21-18-15-12-9-6-3/h22-27,34-36,40-41H,4-21,28-33,37-39,42-45H2,1-3H3/q+1/b25-22+,26-23+,27-24+. The first kappa shape index (κ1) is 43.4. The topological polar surface area (TPSA) is 0 Å². The van der Waals surface area contributed by atoms with Crippen LogP contribution in [0.2, 0.25) is 0 Å². The summed E-state index contributed by atoms with van der Waals surface area (Å²) in [5.41, 5.74) is 1.53. The molecule has 0 unspecified atom stereocenters. The molecule has 0 radical (unpaired) electrons. The Balaban J connectivity index is 2.66. The van der Waals surface area contributed by atoms with Gasteiger partial charge in [0.2, 0.25) is 0 Å². The van der Waals surface area contributed by atoms with Crippen molar-refractivity contribution in [2.24, 2.45) is 0 Å². The molecular weight excluding hydrogens is 567 g/mol. The van der Waals surface area contributed by atoms with Gasteiger partial charge in [-0.1, -0.05) is 165 Å². The number of hydrogen-bond acceptors (Lipinski definition) is 0. The molecule has 0 amide bonds. The van der Waals surface area contributed by atoms with Crippen LogP contribution in [0.4, 0.5) is 0 Å². The van der Waals surface area contributed by atoms with Gasteiger partial charge in [-0.05, 0) is 96.3 Å². The first-order chi connectivity index (χ1) is 23.3. The summed E-state index contributed by atoms with van der Waals surface area (Å²) >= 11 is 0. The summed E-state index contributed by atoms with van der Waals surface area (Å²) in [5.74, 6) is 0. The molecule has 0 atom stereocenters. The summed E-state index contributed by atoms with van der Waals surface area (Å²) in [7, 11) is 0. The minimum absolute atomic E-state index is 1.20. The smallest absolute Gasteiger partial charge is 0.104 e. The summed E-state index contributed by atoms with van der Waals surface area (Å²) in [6.45, 7) is 12.1. The third-order valence-corrected chi connectivity index (χ3v) is 10.0. The molecule has 0 aliphatic rings. The molecule has 0 aliphatic heterocycles. The summed E-state index contributed by atoms with van der Waals surface area (Å²) in [4.78, 5) is 0. The Morgan fingerprint density at radius 1 is 0.362 bits per heavy atom. The van der Waals surface area contributed by atoms with Gasteiger partial charge in [-0.25, -0.2) is 0 Å². The Hall–Kier alpha value is -1.60. The van der Waals surface area contributed by atoms with E-state index in [1.54, 1.807) is 0 Å². The first-order valence-electron chi connectivity index (χ1n) is 21.1. The van der Waals surface area contributed by atoms with Crippen LogP contribution in [0.3, 0.4) is 0 Å². The van der Waals surface area contributed by atoms with Gasteiger partial charge in [0.1, 0.15) is 6.54 Å². The largest absolute Gasteiger partial charge is 0.320 e. The van der Waals surface area contributed by atoms with Crippen LogP contribution in [0.15, 0.2) is 66.8 Å². The van der Waals surface area contributed by atoms with Crippen molar-refractivity contribution in [2.45, 2.75) is 201 Å². The van der Waals surface area contributed by atoms with Crippen LogP contribution < -0.4 is 0 Å². The van der Waals surface area contributed by atoms with Gasteiger partial charge in [0.05, 0.1) is 19.6 Å².